The Kier molecular flexibility index (Phi) is 5.41. The maximum absolute atomic E-state index is 13.7. The van der Waals surface area contributed by atoms with Crippen LogP contribution in [0, 0.1) is 12.7 Å². The van der Waals surface area contributed by atoms with Gasteiger partial charge in [0.25, 0.3) is 0 Å². The third-order valence-electron chi connectivity index (χ3n) is 3.49. The van der Waals surface area contributed by atoms with Gasteiger partial charge >= 0.3 is 0 Å². The van der Waals surface area contributed by atoms with Crippen molar-refractivity contribution >= 4 is 31.9 Å². The van der Waals surface area contributed by atoms with Gasteiger partial charge < -0.3 is 10.1 Å². The zero-order valence-corrected chi connectivity index (χ0v) is 15.2. The van der Waals surface area contributed by atoms with Crippen LogP contribution in [-0.4, -0.2) is 14.2 Å². The van der Waals surface area contributed by atoms with Crippen LogP contribution in [0.4, 0.5) is 4.39 Å². The summed E-state index contributed by atoms with van der Waals surface area (Å²) in [5, 5.41) is 3.28. The van der Waals surface area contributed by atoms with Crippen molar-refractivity contribution in [2.24, 2.45) is 0 Å². The molecule has 0 aliphatic carbocycles. The Bertz CT molecular complexity index is 661. The molecule has 0 aliphatic heterocycles. The first-order valence-electron chi connectivity index (χ1n) is 6.44. The van der Waals surface area contributed by atoms with Crippen molar-refractivity contribution in [1.82, 2.24) is 5.32 Å². The lowest BCUT2D eigenvalue weighted by Crippen LogP contribution is -2.19. The molecule has 5 heteroatoms. The molecule has 1 N–H and O–H groups in total. The van der Waals surface area contributed by atoms with Crippen LogP contribution >= 0.6 is 31.9 Å². The number of benzene rings is 2. The summed E-state index contributed by atoms with van der Waals surface area (Å²) in [6, 6.07) is 9.12. The number of nitrogens with one attached hydrogen (secondary N) is 1. The molecule has 0 saturated heterocycles. The van der Waals surface area contributed by atoms with Crippen LogP contribution < -0.4 is 10.1 Å². The predicted octanol–water partition coefficient (Wildman–Crippen LogP) is 4.98. The maximum atomic E-state index is 13.7. The van der Waals surface area contributed by atoms with Crippen molar-refractivity contribution < 1.29 is 9.13 Å². The van der Waals surface area contributed by atoms with E-state index in [9.17, 15) is 4.39 Å². The molecule has 0 aliphatic rings. The van der Waals surface area contributed by atoms with Crippen molar-refractivity contribution in [3.05, 3.63) is 61.8 Å². The minimum Gasteiger partial charge on any atom is -0.496 e. The number of halogens is 3. The molecular weight excluding hydrogens is 401 g/mol. The van der Waals surface area contributed by atoms with E-state index in [2.05, 4.69) is 50.2 Å². The molecule has 1 atom stereocenters. The SMILES string of the molecule is CNC(c1cc(Br)c(F)cc1OC)c1cccc(Br)c1C. The molecule has 0 aromatic heterocycles. The van der Waals surface area contributed by atoms with Gasteiger partial charge in [0.15, 0.2) is 0 Å². The summed E-state index contributed by atoms with van der Waals surface area (Å²) in [4.78, 5) is 0. The molecule has 2 rings (SSSR count). The van der Waals surface area contributed by atoms with Gasteiger partial charge in [0.2, 0.25) is 0 Å². The number of hydrogen-bond donors (Lipinski definition) is 1. The average Bonchev–Trinajstić information content (AvgIpc) is 2.47. The van der Waals surface area contributed by atoms with E-state index in [1.165, 1.54) is 6.07 Å². The van der Waals surface area contributed by atoms with Crippen molar-refractivity contribution in [2.75, 3.05) is 14.2 Å². The van der Waals surface area contributed by atoms with E-state index in [-0.39, 0.29) is 11.9 Å². The Labute approximate surface area is 141 Å². The molecule has 0 amide bonds. The van der Waals surface area contributed by atoms with E-state index >= 15 is 0 Å². The molecule has 0 heterocycles. The number of methoxy groups -OCH3 is 1. The average molecular weight is 417 g/mol. The molecule has 21 heavy (non-hydrogen) atoms. The maximum Gasteiger partial charge on any atom is 0.141 e. The largest absolute Gasteiger partial charge is 0.496 e. The third-order valence-corrected chi connectivity index (χ3v) is 4.96. The predicted molar refractivity (Wildman–Crippen MR) is 90.4 cm³/mol. The topological polar surface area (TPSA) is 21.3 Å². The molecule has 112 valence electrons. The second kappa shape index (κ2) is 6.90. The summed E-state index contributed by atoms with van der Waals surface area (Å²) in [5.41, 5.74) is 3.14. The van der Waals surface area contributed by atoms with Crippen LogP contribution in [-0.2, 0) is 0 Å². The Balaban J connectivity index is 2.61. The second-order valence-corrected chi connectivity index (χ2v) is 6.39. The lowest BCUT2D eigenvalue weighted by Gasteiger charge is -2.22. The quantitative estimate of drug-likeness (QED) is 0.759. The lowest BCUT2D eigenvalue weighted by atomic mass is 9.94. The Morgan fingerprint density at radius 2 is 1.86 bits per heavy atom. The number of rotatable bonds is 4. The van der Waals surface area contributed by atoms with E-state index in [1.807, 2.05) is 19.2 Å². The zero-order chi connectivity index (χ0) is 15.6. The Morgan fingerprint density at radius 1 is 1.14 bits per heavy atom. The minimum atomic E-state index is -0.337. The van der Waals surface area contributed by atoms with Crippen LogP contribution in [0.15, 0.2) is 39.3 Å². The third kappa shape index (κ3) is 3.30. The summed E-state index contributed by atoms with van der Waals surface area (Å²) in [7, 11) is 3.42. The van der Waals surface area contributed by atoms with Gasteiger partial charge in [0.05, 0.1) is 17.6 Å². The molecule has 0 bridgehead atoms. The van der Waals surface area contributed by atoms with Crippen LogP contribution in [0.5, 0.6) is 5.75 Å². The number of hydrogen-bond acceptors (Lipinski definition) is 2. The van der Waals surface area contributed by atoms with Gasteiger partial charge in [-0.25, -0.2) is 4.39 Å². The van der Waals surface area contributed by atoms with Crippen molar-refractivity contribution in [2.45, 2.75) is 13.0 Å². The summed E-state index contributed by atoms with van der Waals surface area (Å²) in [6.07, 6.45) is 0. The van der Waals surface area contributed by atoms with E-state index in [1.54, 1.807) is 13.2 Å². The Morgan fingerprint density at radius 3 is 2.48 bits per heavy atom. The van der Waals surface area contributed by atoms with Crippen LogP contribution in [0.1, 0.15) is 22.7 Å². The molecule has 2 nitrogen and oxygen atoms in total. The van der Waals surface area contributed by atoms with Crippen molar-refractivity contribution in [3.8, 4) is 5.75 Å². The second-order valence-electron chi connectivity index (χ2n) is 4.68. The first-order valence-corrected chi connectivity index (χ1v) is 8.03. The summed E-state index contributed by atoms with van der Waals surface area (Å²) >= 11 is 6.79. The molecule has 0 fully saturated rings. The summed E-state index contributed by atoms with van der Waals surface area (Å²) < 4.78 is 20.5. The van der Waals surface area contributed by atoms with Gasteiger partial charge in [-0.1, -0.05) is 28.1 Å². The van der Waals surface area contributed by atoms with Gasteiger partial charge in [-0.3, -0.25) is 0 Å². The van der Waals surface area contributed by atoms with Crippen LogP contribution in [0.25, 0.3) is 0 Å². The van der Waals surface area contributed by atoms with E-state index in [0.717, 1.165) is 21.2 Å². The lowest BCUT2D eigenvalue weighted by molar-refractivity contribution is 0.401. The Hall–Kier alpha value is -0.910. The van der Waals surface area contributed by atoms with E-state index < -0.39 is 0 Å². The fraction of sp³-hybridized carbons (Fsp3) is 0.250. The van der Waals surface area contributed by atoms with Crippen molar-refractivity contribution in [1.29, 1.82) is 0 Å². The standard InChI is InChI=1S/C16H16Br2FNO/c1-9-10(5-4-6-12(9)17)16(20-2)11-7-13(18)14(19)8-15(11)21-3/h4-8,16,20H,1-3H3. The van der Waals surface area contributed by atoms with Crippen LogP contribution in [0.2, 0.25) is 0 Å². The fourth-order valence-electron chi connectivity index (χ4n) is 2.36. The van der Waals surface area contributed by atoms with E-state index in [0.29, 0.717) is 10.2 Å². The first kappa shape index (κ1) is 16.5. The fourth-order valence-corrected chi connectivity index (χ4v) is 3.10. The van der Waals surface area contributed by atoms with Crippen molar-refractivity contribution in [3.63, 3.8) is 0 Å². The summed E-state index contributed by atoms with van der Waals surface area (Å²) in [5.74, 6) is 0.186. The normalized spacial score (nSPS) is 12.3. The van der Waals surface area contributed by atoms with Gasteiger partial charge in [-0.05, 0) is 53.2 Å². The van der Waals surface area contributed by atoms with Gasteiger partial charge in [0.1, 0.15) is 11.6 Å². The van der Waals surface area contributed by atoms with Crippen LogP contribution in [0.3, 0.4) is 0 Å². The highest BCUT2D eigenvalue weighted by Crippen LogP contribution is 2.36. The molecule has 1 unspecified atom stereocenters. The highest BCUT2D eigenvalue weighted by Gasteiger charge is 2.21. The molecule has 0 spiro atoms. The molecule has 2 aromatic carbocycles. The zero-order valence-electron chi connectivity index (χ0n) is 12.0. The highest BCUT2D eigenvalue weighted by molar-refractivity contribution is 9.10. The monoisotopic (exact) mass is 415 g/mol. The first-order chi connectivity index (χ1) is 9.99. The number of ether oxygens (including phenoxy) is 1. The highest BCUT2D eigenvalue weighted by atomic mass is 79.9. The smallest absolute Gasteiger partial charge is 0.141 e. The molecule has 0 saturated carbocycles. The van der Waals surface area contributed by atoms with Gasteiger partial charge in [-0.2, -0.15) is 0 Å². The molecule has 2 aromatic rings. The van der Waals surface area contributed by atoms with Gasteiger partial charge in [0, 0.05) is 16.1 Å². The van der Waals surface area contributed by atoms with Gasteiger partial charge in [-0.15, -0.1) is 0 Å². The molecule has 0 radical (unpaired) electrons. The molecular formula is C16H16Br2FNO. The minimum absolute atomic E-state index is 0.0886. The summed E-state index contributed by atoms with van der Waals surface area (Å²) in [6.45, 7) is 2.05. The van der Waals surface area contributed by atoms with E-state index in [4.69, 9.17) is 4.74 Å².